The maximum Gasteiger partial charge on any atom is 0.158 e. The van der Waals surface area contributed by atoms with Gasteiger partial charge in [-0.3, -0.25) is 4.79 Å². The Morgan fingerprint density at radius 2 is 1.44 bits per heavy atom. The molecule has 18 heavy (non-hydrogen) atoms. The zero-order chi connectivity index (χ0) is 14.1. The number of Topliss-reactive ketones (excluding diaryl/α,β-unsaturated/α-hetero) is 1. The lowest BCUT2D eigenvalue weighted by atomic mass is 10.3. The van der Waals surface area contributed by atoms with Crippen LogP contribution in [-0.2, 0) is 19.0 Å². The summed E-state index contributed by atoms with van der Waals surface area (Å²) in [7, 11) is 1.88. The standard InChI is InChI=1S/C11H23NO4.C2H6/c1-3-11(13)10-16-9-8-15-7-6-14-5-4-12-2;1-2/h12H,3-10H2,1-2H3;1-2H3. The average molecular weight is 263 g/mol. The molecule has 0 heterocycles. The summed E-state index contributed by atoms with van der Waals surface area (Å²) >= 11 is 0. The molecule has 0 saturated heterocycles. The molecule has 0 radical (unpaired) electrons. The van der Waals surface area contributed by atoms with Crippen molar-refractivity contribution in [3.63, 3.8) is 0 Å². The fraction of sp³-hybridized carbons (Fsp3) is 0.923. The van der Waals surface area contributed by atoms with Gasteiger partial charge in [-0.2, -0.15) is 0 Å². The second kappa shape index (κ2) is 18.9. The van der Waals surface area contributed by atoms with E-state index in [4.69, 9.17) is 14.2 Å². The highest BCUT2D eigenvalue weighted by Gasteiger charge is 1.97. The number of ketones is 1. The van der Waals surface area contributed by atoms with Crippen molar-refractivity contribution in [3.05, 3.63) is 0 Å². The van der Waals surface area contributed by atoms with Gasteiger partial charge in [0.05, 0.1) is 33.0 Å². The second-order valence-corrected chi connectivity index (χ2v) is 3.27. The van der Waals surface area contributed by atoms with Crippen LogP contribution in [0, 0.1) is 0 Å². The quantitative estimate of drug-likeness (QED) is 0.537. The first kappa shape index (κ1) is 19.8. The molecule has 0 aromatic heterocycles. The first-order valence-electron chi connectivity index (χ1n) is 6.70. The molecule has 0 aliphatic rings. The van der Waals surface area contributed by atoms with Gasteiger partial charge in [0.1, 0.15) is 6.61 Å². The van der Waals surface area contributed by atoms with Crippen LogP contribution in [0.3, 0.4) is 0 Å². The number of nitrogens with one attached hydrogen (secondary N) is 1. The molecule has 5 heteroatoms. The van der Waals surface area contributed by atoms with Gasteiger partial charge in [0.2, 0.25) is 0 Å². The second-order valence-electron chi connectivity index (χ2n) is 3.27. The van der Waals surface area contributed by atoms with E-state index in [1.165, 1.54) is 0 Å². The van der Waals surface area contributed by atoms with Crippen LogP contribution in [0.2, 0.25) is 0 Å². The lowest BCUT2D eigenvalue weighted by Gasteiger charge is -2.06. The van der Waals surface area contributed by atoms with Crippen LogP contribution in [0.4, 0.5) is 0 Å². The lowest BCUT2D eigenvalue weighted by Crippen LogP contribution is -2.17. The fourth-order valence-corrected chi connectivity index (χ4v) is 0.902. The van der Waals surface area contributed by atoms with Crippen molar-refractivity contribution < 1.29 is 19.0 Å². The molecule has 0 saturated carbocycles. The first-order chi connectivity index (χ1) is 8.81. The van der Waals surface area contributed by atoms with Gasteiger partial charge in [0, 0.05) is 13.0 Å². The van der Waals surface area contributed by atoms with E-state index in [-0.39, 0.29) is 12.4 Å². The summed E-state index contributed by atoms with van der Waals surface area (Å²) in [5, 5.41) is 2.98. The van der Waals surface area contributed by atoms with Gasteiger partial charge in [-0.1, -0.05) is 20.8 Å². The predicted molar refractivity (Wildman–Crippen MR) is 73.0 cm³/mol. The third-order valence-corrected chi connectivity index (χ3v) is 1.90. The summed E-state index contributed by atoms with van der Waals surface area (Å²) in [6, 6.07) is 0. The third-order valence-electron chi connectivity index (χ3n) is 1.90. The minimum Gasteiger partial charge on any atom is -0.378 e. The maximum atomic E-state index is 10.9. The van der Waals surface area contributed by atoms with Gasteiger partial charge in [-0.05, 0) is 7.05 Å². The smallest absolute Gasteiger partial charge is 0.158 e. The Bertz CT molecular complexity index is 165. The van der Waals surface area contributed by atoms with E-state index in [2.05, 4.69) is 5.32 Å². The fourth-order valence-electron chi connectivity index (χ4n) is 0.902. The Balaban J connectivity index is 0. The Morgan fingerprint density at radius 1 is 0.944 bits per heavy atom. The van der Waals surface area contributed by atoms with E-state index >= 15 is 0 Å². The van der Waals surface area contributed by atoms with Crippen LogP contribution < -0.4 is 5.32 Å². The molecule has 1 N–H and O–H groups in total. The van der Waals surface area contributed by atoms with E-state index in [1.807, 2.05) is 27.8 Å². The lowest BCUT2D eigenvalue weighted by molar-refractivity contribution is -0.123. The molecule has 0 rings (SSSR count). The van der Waals surface area contributed by atoms with Gasteiger partial charge in [0.15, 0.2) is 5.78 Å². The first-order valence-corrected chi connectivity index (χ1v) is 6.70. The molecule has 0 atom stereocenters. The summed E-state index contributed by atoms with van der Waals surface area (Å²) in [6.07, 6.45) is 0.528. The topological polar surface area (TPSA) is 56.8 Å². The zero-order valence-corrected chi connectivity index (χ0v) is 12.3. The van der Waals surface area contributed by atoms with Gasteiger partial charge in [0.25, 0.3) is 0 Å². The van der Waals surface area contributed by atoms with Crippen molar-refractivity contribution in [3.8, 4) is 0 Å². The van der Waals surface area contributed by atoms with E-state index in [0.29, 0.717) is 39.5 Å². The van der Waals surface area contributed by atoms with Crippen molar-refractivity contribution in [1.29, 1.82) is 0 Å². The van der Waals surface area contributed by atoms with Crippen molar-refractivity contribution in [2.75, 3.05) is 53.2 Å². The third kappa shape index (κ3) is 17.9. The van der Waals surface area contributed by atoms with Gasteiger partial charge in [-0.25, -0.2) is 0 Å². The molecule has 0 spiro atoms. The molecule has 0 unspecified atom stereocenters. The number of carbonyl (C=O) groups excluding carboxylic acids is 1. The molecular weight excluding hydrogens is 234 g/mol. The summed E-state index contributed by atoms with van der Waals surface area (Å²) in [6.45, 7) is 9.69. The number of ether oxygens (including phenoxy) is 3. The Labute approximate surface area is 111 Å². The summed E-state index contributed by atoms with van der Waals surface area (Å²) < 4.78 is 15.6. The van der Waals surface area contributed by atoms with E-state index in [0.717, 1.165) is 6.54 Å². The van der Waals surface area contributed by atoms with Crippen LogP contribution in [0.15, 0.2) is 0 Å². The van der Waals surface area contributed by atoms with Crippen LogP contribution in [0.25, 0.3) is 0 Å². The molecule has 0 aromatic carbocycles. The summed E-state index contributed by atoms with van der Waals surface area (Å²) in [5.74, 6) is 0.121. The largest absolute Gasteiger partial charge is 0.378 e. The molecule has 0 aromatic rings. The normalized spacial score (nSPS) is 9.78. The molecule has 0 bridgehead atoms. The Morgan fingerprint density at radius 3 is 1.94 bits per heavy atom. The summed E-state index contributed by atoms with van der Waals surface area (Å²) in [4.78, 5) is 10.9. The van der Waals surface area contributed by atoms with Crippen molar-refractivity contribution in [1.82, 2.24) is 5.32 Å². The zero-order valence-electron chi connectivity index (χ0n) is 12.3. The average Bonchev–Trinajstić information content (AvgIpc) is 2.42. The van der Waals surface area contributed by atoms with Crippen LogP contribution in [0.1, 0.15) is 27.2 Å². The number of rotatable bonds is 12. The van der Waals surface area contributed by atoms with Crippen LogP contribution >= 0.6 is 0 Å². The maximum absolute atomic E-state index is 10.9. The van der Waals surface area contributed by atoms with Crippen molar-refractivity contribution in [2.24, 2.45) is 0 Å². The minimum absolute atomic E-state index is 0.121. The molecule has 0 amide bonds. The highest BCUT2D eigenvalue weighted by atomic mass is 16.5. The van der Waals surface area contributed by atoms with Crippen molar-refractivity contribution in [2.45, 2.75) is 27.2 Å². The number of hydrogen-bond donors (Lipinski definition) is 1. The molecule has 5 nitrogen and oxygen atoms in total. The van der Waals surface area contributed by atoms with Crippen molar-refractivity contribution >= 4 is 5.78 Å². The Kier molecular flexibility index (Phi) is 20.8. The van der Waals surface area contributed by atoms with E-state index < -0.39 is 0 Å². The SMILES string of the molecule is CC.CCC(=O)COCCOCCOCCNC. The molecular formula is C13H29NO4. The molecule has 0 fully saturated rings. The highest BCUT2D eigenvalue weighted by Crippen LogP contribution is 1.84. The van der Waals surface area contributed by atoms with Crippen LogP contribution in [-0.4, -0.2) is 59.0 Å². The molecule has 110 valence electrons. The van der Waals surface area contributed by atoms with E-state index in [1.54, 1.807) is 0 Å². The number of hydrogen-bond acceptors (Lipinski definition) is 5. The monoisotopic (exact) mass is 263 g/mol. The van der Waals surface area contributed by atoms with E-state index in [9.17, 15) is 4.79 Å². The van der Waals surface area contributed by atoms with Gasteiger partial charge in [-0.15, -0.1) is 0 Å². The minimum atomic E-state index is 0.121. The van der Waals surface area contributed by atoms with Crippen LogP contribution in [0.5, 0.6) is 0 Å². The molecule has 0 aliphatic heterocycles. The van der Waals surface area contributed by atoms with Gasteiger partial charge < -0.3 is 19.5 Å². The van der Waals surface area contributed by atoms with Gasteiger partial charge >= 0.3 is 0 Å². The number of carbonyl (C=O) groups is 1. The number of likely N-dealkylation sites (N-methyl/N-ethyl adjacent to an activating group) is 1. The predicted octanol–water partition coefficient (Wildman–Crippen LogP) is 1.26. The Hall–Kier alpha value is -0.490. The highest BCUT2D eigenvalue weighted by molar-refractivity contribution is 5.79. The summed E-state index contributed by atoms with van der Waals surface area (Å²) in [5.41, 5.74) is 0. The molecule has 0 aliphatic carbocycles.